The number of nitrogens with two attached hydrogens (primary N) is 1. The first-order chi connectivity index (χ1) is 7.22. The van der Waals surface area contributed by atoms with Crippen molar-refractivity contribution in [3.8, 4) is 17.0 Å². The fourth-order valence-corrected chi connectivity index (χ4v) is 1.93. The summed E-state index contributed by atoms with van der Waals surface area (Å²) in [6, 6.07) is 7.56. The molecule has 0 radical (unpaired) electrons. The Labute approximate surface area is 95.6 Å². The monoisotopic (exact) mass is 267 g/mol. The Morgan fingerprint density at radius 1 is 1.47 bits per heavy atom. The second-order valence-corrected chi connectivity index (χ2v) is 3.88. The van der Waals surface area contributed by atoms with Gasteiger partial charge in [0.05, 0.1) is 17.3 Å². The van der Waals surface area contributed by atoms with Gasteiger partial charge in [-0.05, 0) is 28.1 Å². The molecule has 2 aromatic rings. The maximum absolute atomic E-state index is 5.55. The average molecular weight is 268 g/mol. The first kappa shape index (κ1) is 10.0. The molecular formula is C10H10BrN3O. The number of nitrogen functional groups attached to an aromatic ring is 1. The summed E-state index contributed by atoms with van der Waals surface area (Å²) in [5.41, 5.74) is 7.32. The number of hydrogen-bond donors (Lipinski definition) is 2. The van der Waals surface area contributed by atoms with E-state index in [4.69, 9.17) is 10.5 Å². The zero-order valence-electron chi connectivity index (χ0n) is 8.12. The van der Waals surface area contributed by atoms with Crippen LogP contribution in [0.2, 0.25) is 0 Å². The highest BCUT2D eigenvalue weighted by Gasteiger charge is 2.10. The molecule has 0 atom stereocenters. The number of methoxy groups -OCH3 is 1. The van der Waals surface area contributed by atoms with Crippen LogP contribution >= 0.6 is 15.9 Å². The minimum atomic E-state index is 0.465. The van der Waals surface area contributed by atoms with Crippen molar-refractivity contribution in [2.45, 2.75) is 0 Å². The molecule has 4 nitrogen and oxygen atoms in total. The van der Waals surface area contributed by atoms with Gasteiger partial charge in [0.2, 0.25) is 0 Å². The number of nitrogens with one attached hydrogen (secondary N) is 1. The highest BCUT2D eigenvalue weighted by Crippen LogP contribution is 2.35. The van der Waals surface area contributed by atoms with Crippen molar-refractivity contribution in [3.63, 3.8) is 0 Å². The number of rotatable bonds is 2. The maximum atomic E-state index is 5.55. The third-order valence-electron chi connectivity index (χ3n) is 2.06. The number of H-pyrrole nitrogens is 1. The fourth-order valence-electron chi connectivity index (χ4n) is 1.40. The Balaban J connectivity index is 2.57. The van der Waals surface area contributed by atoms with Crippen molar-refractivity contribution >= 4 is 21.7 Å². The highest BCUT2D eigenvalue weighted by atomic mass is 79.9. The van der Waals surface area contributed by atoms with Gasteiger partial charge < -0.3 is 10.5 Å². The molecule has 0 spiro atoms. The Morgan fingerprint density at radius 2 is 2.27 bits per heavy atom. The van der Waals surface area contributed by atoms with E-state index in [0.717, 1.165) is 21.5 Å². The van der Waals surface area contributed by atoms with Gasteiger partial charge in [-0.3, -0.25) is 5.10 Å². The standard InChI is InChI=1S/C10H10BrN3O/c1-15-10-6(3-2-4-7(10)11)8-5-9(12)14-13-8/h2-5H,1H3,(H3,12,13,14). The van der Waals surface area contributed by atoms with E-state index in [2.05, 4.69) is 26.1 Å². The van der Waals surface area contributed by atoms with E-state index in [-0.39, 0.29) is 0 Å². The summed E-state index contributed by atoms with van der Waals surface area (Å²) in [7, 11) is 1.63. The van der Waals surface area contributed by atoms with E-state index in [1.807, 2.05) is 18.2 Å². The van der Waals surface area contributed by atoms with E-state index in [1.165, 1.54) is 0 Å². The third-order valence-corrected chi connectivity index (χ3v) is 2.68. The minimum absolute atomic E-state index is 0.465. The van der Waals surface area contributed by atoms with Crippen molar-refractivity contribution in [3.05, 3.63) is 28.7 Å². The van der Waals surface area contributed by atoms with Crippen LogP contribution in [0.25, 0.3) is 11.3 Å². The number of ether oxygens (including phenoxy) is 1. The van der Waals surface area contributed by atoms with Gasteiger partial charge >= 0.3 is 0 Å². The van der Waals surface area contributed by atoms with E-state index < -0.39 is 0 Å². The van der Waals surface area contributed by atoms with Crippen LogP contribution in [0.1, 0.15) is 0 Å². The predicted octanol–water partition coefficient (Wildman–Crippen LogP) is 2.43. The summed E-state index contributed by atoms with van der Waals surface area (Å²) in [5, 5.41) is 6.73. The van der Waals surface area contributed by atoms with Crippen molar-refractivity contribution in [1.82, 2.24) is 10.2 Å². The van der Waals surface area contributed by atoms with E-state index >= 15 is 0 Å². The second kappa shape index (κ2) is 3.94. The van der Waals surface area contributed by atoms with E-state index in [1.54, 1.807) is 13.2 Å². The lowest BCUT2D eigenvalue weighted by Gasteiger charge is -2.07. The number of nitrogens with zero attached hydrogens (tertiary/aromatic N) is 1. The summed E-state index contributed by atoms with van der Waals surface area (Å²) in [6.45, 7) is 0. The number of para-hydroxylation sites is 1. The van der Waals surface area contributed by atoms with Gasteiger partial charge in [-0.25, -0.2) is 0 Å². The molecule has 1 aromatic heterocycles. The molecule has 0 saturated carbocycles. The van der Waals surface area contributed by atoms with Gasteiger partial charge in [-0.15, -0.1) is 0 Å². The number of aromatic nitrogens is 2. The summed E-state index contributed by atoms with van der Waals surface area (Å²) in [4.78, 5) is 0. The van der Waals surface area contributed by atoms with Crippen LogP contribution in [0.4, 0.5) is 5.82 Å². The summed E-state index contributed by atoms with van der Waals surface area (Å²) in [6.07, 6.45) is 0. The molecular weight excluding hydrogens is 258 g/mol. The topological polar surface area (TPSA) is 63.9 Å². The molecule has 0 saturated heterocycles. The van der Waals surface area contributed by atoms with E-state index in [0.29, 0.717) is 5.82 Å². The summed E-state index contributed by atoms with van der Waals surface area (Å²) < 4.78 is 6.20. The molecule has 2 rings (SSSR count). The molecule has 1 aromatic carbocycles. The lowest BCUT2D eigenvalue weighted by Crippen LogP contribution is -1.89. The van der Waals surface area contributed by atoms with Crippen molar-refractivity contribution in [1.29, 1.82) is 0 Å². The van der Waals surface area contributed by atoms with Gasteiger partial charge in [0, 0.05) is 11.6 Å². The van der Waals surface area contributed by atoms with Crippen LogP contribution in [0.5, 0.6) is 5.75 Å². The highest BCUT2D eigenvalue weighted by molar-refractivity contribution is 9.10. The fraction of sp³-hybridized carbons (Fsp3) is 0.100. The number of benzene rings is 1. The number of anilines is 1. The van der Waals surface area contributed by atoms with Crippen molar-refractivity contribution in [2.24, 2.45) is 0 Å². The molecule has 0 aliphatic rings. The van der Waals surface area contributed by atoms with Gasteiger partial charge in [0.1, 0.15) is 11.6 Å². The van der Waals surface area contributed by atoms with Gasteiger partial charge in [0.25, 0.3) is 0 Å². The number of hydrogen-bond acceptors (Lipinski definition) is 3. The Bertz CT molecular complexity index is 481. The molecule has 0 unspecified atom stereocenters. The molecule has 0 aliphatic carbocycles. The number of halogens is 1. The van der Waals surface area contributed by atoms with Crippen LogP contribution in [-0.4, -0.2) is 17.3 Å². The predicted molar refractivity (Wildman–Crippen MR) is 62.7 cm³/mol. The lowest BCUT2D eigenvalue weighted by molar-refractivity contribution is 0.413. The molecule has 1 heterocycles. The molecule has 0 aliphatic heterocycles. The van der Waals surface area contributed by atoms with Crippen LogP contribution in [0.15, 0.2) is 28.7 Å². The molecule has 0 amide bonds. The lowest BCUT2D eigenvalue weighted by atomic mass is 10.1. The SMILES string of the molecule is COc1c(Br)cccc1-c1cc(N)n[nH]1. The smallest absolute Gasteiger partial charge is 0.145 e. The van der Waals surface area contributed by atoms with Crippen molar-refractivity contribution < 1.29 is 4.74 Å². The molecule has 78 valence electrons. The summed E-state index contributed by atoms with van der Waals surface area (Å²) >= 11 is 3.42. The molecule has 0 bridgehead atoms. The van der Waals surface area contributed by atoms with Crippen molar-refractivity contribution in [2.75, 3.05) is 12.8 Å². The second-order valence-electron chi connectivity index (χ2n) is 3.03. The van der Waals surface area contributed by atoms with Gasteiger partial charge in [-0.1, -0.05) is 6.07 Å². The van der Waals surface area contributed by atoms with Crippen LogP contribution < -0.4 is 10.5 Å². The average Bonchev–Trinajstić information content (AvgIpc) is 2.64. The van der Waals surface area contributed by atoms with Gasteiger partial charge in [0.15, 0.2) is 0 Å². The molecule has 15 heavy (non-hydrogen) atoms. The normalized spacial score (nSPS) is 10.3. The zero-order chi connectivity index (χ0) is 10.8. The minimum Gasteiger partial charge on any atom is -0.495 e. The summed E-state index contributed by atoms with van der Waals surface area (Å²) in [5.74, 6) is 1.23. The van der Waals surface area contributed by atoms with Gasteiger partial charge in [-0.2, -0.15) is 5.10 Å². The Morgan fingerprint density at radius 3 is 2.87 bits per heavy atom. The van der Waals surface area contributed by atoms with Crippen LogP contribution in [0, 0.1) is 0 Å². The third kappa shape index (κ3) is 1.83. The Hall–Kier alpha value is -1.49. The maximum Gasteiger partial charge on any atom is 0.145 e. The molecule has 3 N–H and O–H groups in total. The number of aromatic amines is 1. The largest absolute Gasteiger partial charge is 0.495 e. The first-order valence-corrected chi connectivity index (χ1v) is 5.15. The Kier molecular flexibility index (Phi) is 2.64. The zero-order valence-corrected chi connectivity index (χ0v) is 9.71. The van der Waals surface area contributed by atoms with Crippen LogP contribution in [-0.2, 0) is 0 Å². The molecule has 5 heteroatoms. The van der Waals surface area contributed by atoms with E-state index in [9.17, 15) is 0 Å². The van der Waals surface area contributed by atoms with Crippen LogP contribution in [0.3, 0.4) is 0 Å². The first-order valence-electron chi connectivity index (χ1n) is 4.36. The molecule has 0 fully saturated rings. The quantitative estimate of drug-likeness (QED) is 0.879.